The van der Waals surface area contributed by atoms with Gasteiger partial charge in [-0.15, -0.1) is 0 Å². The maximum absolute atomic E-state index is 11.0. The highest BCUT2D eigenvalue weighted by Gasteiger charge is 2.24. The quantitative estimate of drug-likeness (QED) is 0.775. The minimum atomic E-state index is -0.494. The molecule has 1 fully saturated rings. The lowest BCUT2D eigenvalue weighted by molar-refractivity contribution is 0.0998. The number of aromatic nitrogens is 1. The first-order chi connectivity index (χ1) is 6.79. The Morgan fingerprint density at radius 2 is 2.14 bits per heavy atom. The molecule has 1 aliphatic rings. The molecular formula is C10H13N2O2. The van der Waals surface area contributed by atoms with E-state index in [0.717, 1.165) is 12.8 Å². The molecule has 1 aliphatic carbocycles. The second-order valence-corrected chi connectivity index (χ2v) is 3.74. The summed E-state index contributed by atoms with van der Waals surface area (Å²) in [4.78, 5) is 11.0. The van der Waals surface area contributed by atoms with E-state index in [4.69, 9.17) is 5.73 Å². The average molecular weight is 193 g/mol. The highest BCUT2D eigenvalue weighted by atomic mass is 16.5. The number of rotatable bonds is 2. The molecule has 2 N–H and O–H groups in total. The molecule has 0 unspecified atom stereocenters. The molecule has 0 bridgehead atoms. The first-order valence-corrected chi connectivity index (χ1v) is 4.96. The smallest absolute Gasteiger partial charge is 0.254 e. The van der Waals surface area contributed by atoms with Crippen LogP contribution in [0.1, 0.15) is 54.1 Å². The summed E-state index contributed by atoms with van der Waals surface area (Å²) in [5, 5.41) is 3.83. The van der Waals surface area contributed by atoms with Crippen LogP contribution in [0.15, 0.2) is 4.52 Å². The molecule has 2 rings (SSSR count). The molecule has 0 saturated heterocycles. The lowest BCUT2D eigenvalue weighted by atomic mass is 9.85. The van der Waals surface area contributed by atoms with Gasteiger partial charge in [-0.25, -0.2) is 0 Å². The predicted octanol–water partition coefficient (Wildman–Crippen LogP) is 1.62. The third kappa shape index (κ3) is 1.64. The molecular weight excluding hydrogens is 180 g/mol. The summed E-state index contributed by atoms with van der Waals surface area (Å²) >= 11 is 0. The molecule has 14 heavy (non-hydrogen) atoms. The maximum Gasteiger partial charge on any atom is 0.254 e. The molecule has 0 atom stereocenters. The Hall–Kier alpha value is -1.32. The zero-order valence-corrected chi connectivity index (χ0v) is 7.95. The molecule has 1 aromatic rings. The van der Waals surface area contributed by atoms with Gasteiger partial charge in [0.15, 0.2) is 0 Å². The molecule has 4 heteroatoms. The van der Waals surface area contributed by atoms with Gasteiger partial charge in [0.25, 0.3) is 5.91 Å². The Morgan fingerprint density at radius 3 is 2.79 bits per heavy atom. The Bertz CT molecular complexity index is 327. The number of amides is 1. The Labute approximate surface area is 82.4 Å². The summed E-state index contributed by atoms with van der Waals surface area (Å²) in [6, 6.07) is 0. The second-order valence-electron chi connectivity index (χ2n) is 3.74. The molecule has 1 heterocycles. The van der Waals surface area contributed by atoms with Crippen LogP contribution in [0, 0.1) is 6.26 Å². The van der Waals surface area contributed by atoms with Gasteiger partial charge in [0.05, 0.1) is 0 Å². The van der Waals surface area contributed by atoms with E-state index in [1.807, 2.05) is 0 Å². The number of primary amides is 1. The standard InChI is InChI=1S/C10H13N2O2/c11-10(13)8-6-14-12-9(8)7-4-2-1-3-5-7/h7H,1-5H2,(H2,11,13). The van der Waals surface area contributed by atoms with E-state index in [2.05, 4.69) is 15.9 Å². The van der Waals surface area contributed by atoms with Crippen molar-refractivity contribution >= 4 is 5.91 Å². The first kappa shape index (κ1) is 9.24. The number of carbonyl (C=O) groups excluding carboxylic acids is 1. The van der Waals surface area contributed by atoms with Gasteiger partial charge < -0.3 is 10.3 Å². The normalized spacial score (nSPS) is 18.3. The fourth-order valence-corrected chi connectivity index (χ4v) is 2.05. The highest BCUT2D eigenvalue weighted by molar-refractivity contribution is 5.93. The zero-order valence-electron chi connectivity index (χ0n) is 7.95. The minimum Gasteiger partial charge on any atom is -0.365 e. The summed E-state index contributed by atoms with van der Waals surface area (Å²) in [6.45, 7) is 0. The molecule has 4 nitrogen and oxygen atoms in total. The molecule has 75 valence electrons. The molecule has 1 amide bonds. The molecule has 0 spiro atoms. The van der Waals surface area contributed by atoms with E-state index in [9.17, 15) is 4.79 Å². The Morgan fingerprint density at radius 1 is 1.43 bits per heavy atom. The molecule has 0 aromatic carbocycles. The number of hydrogen-bond donors (Lipinski definition) is 1. The van der Waals surface area contributed by atoms with E-state index in [1.165, 1.54) is 19.3 Å². The number of nitrogens with zero attached hydrogens (tertiary/aromatic N) is 1. The zero-order chi connectivity index (χ0) is 9.97. The van der Waals surface area contributed by atoms with Crippen molar-refractivity contribution in [3.63, 3.8) is 0 Å². The largest absolute Gasteiger partial charge is 0.365 e. The second kappa shape index (κ2) is 3.82. The third-order valence-corrected chi connectivity index (χ3v) is 2.79. The van der Waals surface area contributed by atoms with Gasteiger partial charge in [-0.1, -0.05) is 24.4 Å². The average Bonchev–Trinajstić information content (AvgIpc) is 2.67. The van der Waals surface area contributed by atoms with Crippen molar-refractivity contribution in [1.29, 1.82) is 0 Å². The molecule has 1 aromatic heterocycles. The van der Waals surface area contributed by atoms with Gasteiger partial charge in [0.2, 0.25) is 6.26 Å². The number of hydrogen-bond acceptors (Lipinski definition) is 3. The van der Waals surface area contributed by atoms with E-state index in [0.29, 0.717) is 17.2 Å². The SMILES string of the molecule is NC(=O)c1[c]onc1C1CCCCC1. The Balaban J connectivity index is 2.21. The van der Waals surface area contributed by atoms with Gasteiger partial charge in [-0.2, -0.15) is 0 Å². The summed E-state index contributed by atoms with van der Waals surface area (Å²) in [5.41, 5.74) is 6.23. The topological polar surface area (TPSA) is 69.1 Å². The Kier molecular flexibility index (Phi) is 2.52. The monoisotopic (exact) mass is 193 g/mol. The van der Waals surface area contributed by atoms with E-state index in [1.54, 1.807) is 0 Å². The van der Waals surface area contributed by atoms with Crippen LogP contribution in [0.5, 0.6) is 0 Å². The lowest BCUT2D eigenvalue weighted by Crippen LogP contribution is -2.15. The van der Waals surface area contributed by atoms with Crippen molar-refractivity contribution in [2.24, 2.45) is 5.73 Å². The lowest BCUT2D eigenvalue weighted by Gasteiger charge is -2.19. The first-order valence-electron chi connectivity index (χ1n) is 4.96. The fraction of sp³-hybridized carbons (Fsp3) is 0.600. The molecule has 1 saturated carbocycles. The van der Waals surface area contributed by atoms with E-state index < -0.39 is 5.91 Å². The summed E-state index contributed by atoms with van der Waals surface area (Å²) in [7, 11) is 0. The van der Waals surface area contributed by atoms with E-state index in [-0.39, 0.29) is 0 Å². The summed E-state index contributed by atoms with van der Waals surface area (Å²) in [6.07, 6.45) is 8.23. The third-order valence-electron chi connectivity index (χ3n) is 2.79. The van der Waals surface area contributed by atoms with Gasteiger partial charge in [0, 0.05) is 5.92 Å². The van der Waals surface area contributed by atoms with Crippen LogP contribution in [0.4, 0.5) is 0 Å². The summed E-state index contributed by atoms with van der Waals surface area (Å²) in [5.74, 6) is -0.159. The fourth-order valence-electron chi connectivity index (χ4n) is 2.05. The van der Waals surface area contributed by atoms with Crippen LogP contribution in [-0.2, 0) is 0 Å². The number of carbonyl (C=O) groups is 1. The van der Waals surface area contributed by atoms with Crippen LogP contribution < -0.4 is 5.73 Å². The van der Waals surface area contributed by atoms with Gasteiger partial charge in [-0.3, -0.25) is 4.79 Å². The highest BCUT2D eigenvalue weighted by Crippen LogP contribution is 2.33. The van der Waals surface area contributed by atoms with Crippen LogP contribution in [-0.4, -0.2) is 11.1 Å². The van der Waals surface area contributed by atoms with E-state index >= 15 is 0 Å². The van der Waals surface area contributed by atoms with Gasteiger partial charge >= 0.3 is 0 Å². The van der Waals surface area contributed by atoms with Crippen molar-refractivity contribution in [3.05, 3.63) is 17.5 Å². The van der Waals surface area contributed by atoms with Crippen molar-refractivity contribution in [1.82, 2.24) is 5.16 Å². The molecule has 1 radical (unpaired) electrons. The molecule has 0 aliphatic heterocycles. The van der Waals surface area contributed by atoms with Crippen LogP contribution in [0.3, 0.4) is 0 Å². The van der Waals surface area contributed by atoms with Crippen molar-refractivity contribution in [3.8, 4) is 0 Å². The summed E-state index contributed by atoms with van der Waals surface area (Å²) < 4.78 is 4.68. The minimum absolute atomic E-state index is 0.330. The van der Waals surface area contributed by atoms with Gasteiger partial charge in [-0.05, 0) is 12.8 Å². The van der Waals surface area contributed by atoms with Crippen LogP contribution >= 0.6 is 0 Å². The van der Waals surface area contributed by atoms with Crippen LogP contribution in [0.2, 0.25) is 0 Å². The van der Waals surface area contributed by atoms with Crippen molar-refractivity contribution < 1.29 is 9.32 Å². The van der Waals surface area contributed by atoms with Gasteiger partial charge in [0.1, 0.15) is 11.3 Å². The van der Waals surface area contributed by atoms with Crippen molar-refractivity contribution in [2.45, 2.75) is 38.0 Å². The van der Waals surface area contributed by atoms with Crippen LogP contribution in [0.25, 0.3) is 0 Å². The number of nitrogens with two attached hydrogens (primary N) is 1. The predicted molar refractivity (Wildman–Crippen MR) is 49.7 cm³/mol. The maximum atomic E-state index is 11.0. The van der Waals surface area contributed by atoms with Crippen molar-refractivity contribution in [2.75, 3.05) is 0 Å².